The first kappa shape index (κ1) is 6.38. The standard InChI is InChI=1S/CH4N2O3S/c2-1(4)3-7(5)6/h(H,5,6)(H3,2,3,4)/p-1. The van der Waals surface area contributed by atoms with Gasteiger partial charge in [0.15, 0.2) is 0 Å². The van der Waals surface area contributed by atoms with E-state index in [0.717, 1.165) is 0 Å². The highest BCUT2D eigenvalue weighted by Crippen LogP contribution is 1.57. The summed E-state index contributed by atoms with van der Waals surface area (Å²) < 4.78 is 20.2. The minimum atomic E-state index is -2.57. The van der Waals surface area contributed by atoms with Crippen molar-refractivity contribution in [1.29, 1.82) is 0 Å². The molecule has 0 rings (SSSR count). The Morgan fingerprint density at radius 3 is 2.29 bits per heavy atom. The van der Waals surface area contributed by atoms with E-state index in [9.17, 15) is 13.6 Å². The number of hydrogen-bond donors (Lipinski definition) is 2. The summed E-state index contributed by atoms with van der Waals surface area (Å²) in [6.45, 7) is 0. The normalized spacial score (nSPS) is 12.7. The van der Waals surface area contributed by atoms with Gasteiger partial charge in [-0.3, -0.25) is 8.93 Å². The molecule has 0 aliphatic carbocycles. The third-order valence-corrected chi connectivity index (χ3v) is 0.552. The summed E-state index contributed by atoms with van der Waals surface area (Å²) in [5.41, 5.74) is 4.35. The van der Waals surface area contributed by atoms with E-state index < -0.39 is 17.3 Å². The highest BCUT2D eigenvalue weighted by molar-refractivity contribution is 7.77. The van der Waals surface area contributed by atoms with Crippen LogP contribution in [0.2, 0.25) is 0 Å². The van der Waals surface area contributed by atoms with Crippen LogP contribution in [0.15, 0.2) is 0 Å². The summed E-state index contributed by atoms with van der Waals surface area (Å²) in [4.78, 5) is 9.53. The van der Waals surface area contributed by atoms with Gasteiger partial charge in [-0.2, -0.15) is 0 Å². The molecule has 0 saturated carbocycles. The number of carbonyl (C=O) groups is 1. The van der Waals surface area contributed by atoms with Crippen molar-refractivity contribution < 1.29 is 13.6 Å². The van der Waals surface area contributed by atoms with E-state index >= 15 is 0 Å². The van der Waals surface area contributed by atoms with Gasteiger partial charge in [-0.05, 0) is 0 Å². The van der Waals surface area contributed by atoms with Gasteiger partial charge >= 0.3 is 6.03 Å². The summed E-state index contributed by atoms with van der Waals surface area (Å²) in [5, 5.41) is 0. The largest absolute Gasteiger partial charge is 0.755 e. The number of hydrogen-bond acceptors (Lipinski definition) is 3. The lowest BCUT2D eigenvalue weighted by atomic mass is 11.2. The van der Waals surface area contributed by atoms with E-state index in [1.807, 2.05) is 0 Å². The molecule has 7 heavy (non-hydrogen) atoms. The second kappa shape index (κ2) is 2.54. The predicted octanol–water partition coefficient (Wildman–Crippen LogP) is -1.55. The van der Waals surface area contributed by atoms with Crippen molar-refractivity contribution in [3.63, 3.8) is 0 Å². The molecule has 0 spiro atoms. The Morgan fingerprint density at radius 2 is 2.29 bits per heavy atom. The number of primary amides is 1. The molecule has 0 aromatic carbocycles. The van der Waals surface area contributed by atoms with Crippen LogP contribution >= 0.6 is 0 Å². The Bertz CT molecular complexity index is 89.1. The van der Waals surface area contributed by atoms with Gasteiger partial charge in [0.1, 0.15) is 0 Å². The van der Waals surface area contributed by atoms with Gasteiger partial charge in [0, 0.05) is 11.3 Å². The molecule has 5 nitrogen and oxygen atoms in total. The maximum atomic E-state index is 9.53. The summed E-state index contributed by atoms with van der Waals surface area (Å²) in [7, 11) is 0. The van der Waals surface area contributed by atoms with Crippen molar-refractivity contribution in [3.8, 4) is 0 Å². The Balaban J connectivity index is 3.32. The molecule has 6 heteroatoms. The van der Waals surface area contributed by atoms with Gasteiger partial charge in [-0.1, -0.05) is 0 Å². The van der Waals surface area contributed by atoms with Crippen LogP contribution in [0.25, 0.3) is 0 Å². The molecule has 0 aliphatic rings. The maximum absolute atomic E-state index is 9.53. The van der Waals surface area contributed by atoms with Crippen molar-refractivity contribution in [2.24, 2.45) is 5.73 Å². The molecule has 0 heterocycles. The van der Waals surface area contributed by atoms with Gasteiger partial charge in [-0.15, -0.1) is 0 Å². The second-order valence-electron chi connectivity index (χ2n) is 0.701. The third-order valence-electron chi connectivity index (χ3n) is 0.184. The number of amides is 2. The summed E-state index contributed by atoms with van der Waals surface area (Å²) in [6.07, 6.45) is 0. The fourth-order valence-electron chi connectivity index (χ4n) is 0.0821. The molecule has 1 atom stereocenters. The number of nitrogens with one attached hydrogen (secondary N) is 1. The number of urea groups is 1. The minimum Gasteiger partial charge on any atom is -0.755 e. The molecule has 0 aromatic rings. The molecule has 0 radical (unpaired) electrons. The van der Waals surface area contributed by atoms with E-state index in [1.54, 1.807) is 0 Å². The Labute approximate surface area is 42.3 Å². The predicted molar refractivity (Wildman–Crippen MR) is 21.6 cm³/mol. The van der Waals surface area contributed by atoms with Crippen LogP contribution in [0, 0.1) is 0 Å². The molecule has 1 unspecified atom stereocenters. The van der Waals surface area contributed by atoms with E-state index in [2.05, 4.69) is 5.73 Å². The molecule has 0 bridgehead atoms. The zero-order valence-electron chi connectivity index (χ0n) is 3.21. The smallest absolute Gasteiger partial charge is 0.323 e. The SMILES string of the molecule is NC(=O)NS(=O)[O-]. The molecule has 2 amide bonds. The molecule has 0 aliphatic heterocycles. The first-order valence-electron chi connectivity index (χ1n) is 1.28. The average molecular weight is 123 g/mol. The van der Waals surface area contributed by atoms with Gasteiger partial charge in [0.05, 0.1) is 0 Å². The zero-order valence-corrected chi connectivity index (χ0v) is 4.03. The van der Waals surface area contributed by atoms with Gasteiger partial charge in [0.2, 0.25) is 0 Å². The molecule has 0 aromatic heterocycles. The average Bonchev–Trinajstić information content (AvgIpc) is 1.27. The lowest BCUT2D eigenvalue weighted by Crippen LogP contribution is -2.30. The Hall–Kier alpha value is -0.620. The first-order valence-corrected chi connectivity index (χ1v) is 2.36. The van der Waals surface area contributed by atoms with Gasteiger partial charge < -0.3 is 10.3 Å². The van der Waals surface area contributed by atoms with Crippen molar-refractivity contribution in [1.82, 2.24) is 4.72 Å². The van der Waals surface area contributed by atoms with Crippen molar-refractivity contribution in [3.05, 3.63) is 0 Å². The van der Waals surface area contributed by atoms with E-state index in [1.165, 1.54) is 4.72 Å². The van der Waals surface area contributed by atoms with Crippen molar-refractivity contribution in [2.75, 3.05) is 0 Å². The highest BCUT2D eigenvalue weighted by atomic mass is 32.2. The topological polar surface area (TPSA) is 95.2 Å². The van der Waals surface area contributed by atoms with Crippen LogP contribution < -0.4 is 10.5 Å². The molecule has 42 valence electrons. The number of nitrogens with two attached hydrogens (primary N) is 1. The fourth-order valence-corrected chi connectivity index (χ4v) is 0.246. The maximum Gasteiger partial charge on any atom is 0.323 e. The summed E-state index contributed by atoms with van der Waals surface area (Å²) in [6, 6.07) is -1.08. The van der Waals surface area contributed by atoms with Crippen LogP contribution in [-0.4, -0.2) is 14.8 Å². The molecule has 3 N–H and O–H groups in total. The lowest BCUT2D eigenvalue weighted by molar-refractivity contribution is 0.253. The van der Waals surface area contributed by atoms with Crippen LogP contribution in [0.1, 0.15) is 0 Å². The molecule has 0 fully saturated rings. The van der Waals surface area contributed by atoms with Crippen molar-refractivity contribution in [2.45, 2.75) is 0 Å². The lowest BCUT2D eigenvalue weighted by Gasteiger charge is -2.00. The van der Waals surface area contributed by atoms with Gasteiger partial charge in [-0.25, -0.2) is 4.79 Å². The monoisotopic (exact) mass is 123 g/mol. The number of carbonyl (C=O) groups excluding carboxylic acids is 1. The zero-order chi connectivity index (χ0) is 5.86. The Morgan fingerprint density at radius 1 is 1.86 bits per heavy atom. The molecular weight excluding hydrogens is 120 g/mol. The van der Waals surface area contributed by atoms with Crippen LogP contribution in [0.3, 0.4) is 0 Å². The van der Waals surface area contributed by atoms with E-state index in [0.29, 0.717) is 0 Å². The summed E-state index contributed by atoms with van der Waals surface area (Å²) in [5.74, 6) is 0. The Kier molecular flexibility index (Phi) is 2.31. The second-order valence-corrected chi connectivity index (χ2v) is 1.37. The van der Waals surface area contributed by atoms with Crippen LogP contribution in [-0.2, 0) is 11.3 Å². The third kappa shape index (κ3) is 5.38. The minimum absolute atomic E-state index is 1.08. The highest BCUT2D eigenvalue weighted by Gasteiger charge is 1.83. The first-order chi connectivity index (χ1) is 3.13. The van der Waals surface area contributed by atoms with Crippen LogP contribution in [0.4, 0.5) is 4.79 Å². The van der Waals surface area contributed by atoms with E-state index in [4.69, 9.17) is 0 Å². The van der Waals surface area contributed by atoms with Crippen molar-refractivity contribution >= 4 is 17.3 Å². The molecular formula is CH3N2O3S-. The van der Waals surface area contributed by atoms with E-state index in [-0.39, 0.29) is 0 Å². The van der Waals surface area contributed by atoms with Crippen LogP contribution in [0.5, 0.6) is 0 Å². The van der Waals surface area contributed by atoms with Gasteiger partial charge in [0.25, 0.3) is 0 Å². The molecule has 0 saturated heterocycles. The quantitative estimate of drug-likeness (QED) is 0.413. The fraction of sp³-hybridized carbons (Fsp3) is 0. The summed E-state index contributed by atoms with van der Waals surface area (Å²) >= 11 is -2.57. The number of rotatable bonds is 1.